The van der Waals surface area contributed by atoms with Gasteiger partial charge >= 0.3 is 25.5 Å². The molecule has 0 aliphatic carbocycles. The zero-order chi connectivity index (χ0) is 52.8. The monoisotopic (exact) mass is 1000 g/mol. The Morgan fingerprint density at radius 1 is 0.681 bits per heavy atom. The second kappa shape index (κ2) is 24.9. The van der Waals surface area contributed by atoms with Gasteiger partial charge in [0.1, 0.15) is 23.7 Å². The lowest BCUT2D eigenvalue weighted by Crippen LogP contribution is -2.63. The smallest absolute Gasteiger partial charge is 0.390 e. The normalized spacial score (nSPS) is 14.7. The number of carbonyl (C=O) groups is 4. The molecule has 0 saturated carbocycles. The van der Waals surface area contributed by atoms with Crippen molar-refractivity contribution in [3.05, 3.63) is 82.7 Å². The molecule has 4 atom stereocenters. The maximum Gasteiger partial charge on any atom is 0.396 e. The van der Waals surface area contributed by atoms with Gasteiger partial charge in [0, 0.05) is 67.5 Å². The second-order valence-electron chi connectivity index (χ2n) is 16.4. The van der Waals surface area contributed by atoms with Gasteiger partial charge in [-0.1, -0.05) is 38.1 Å². The Bertz CT molecular complexity index is 2160. The number of alkyl halides is 10. The lowest BCUT2D eigenvalue weighted by Gasteiger charge is -2.38. The first-order valence-corrected chi connectivity index (χ1v) is 20.7. The molecule has 9 N–H and O–H groups in total. The van der Waals surface area contributed by atoms with Gasteiger partial charge in [-0.2, -0.15) is 43.9 Å². The van der Waals surface area contributed by atoms with Crippen LogP contribution in [0.25, 0.3) is 11.1 Å². The van der Waals surface area contributed by atoms with E-state index in [1.54, 1.807) is 5.32 Å². The van der Waals surface area contributed by atoms with E-state index in [0.717, 1.165) is 6.20 Å². The van der Waals surface area contributed by atoms with Gasteiger partial charge in [0.25, 0.3) is 5.91 Å². The van der Waals surface area contributed by atoms with Gasteiger partial charge in [0.05, 0.1) is 23.0 Å². The van der Waals surface area contributed by atoms with Crippen molar-refractivity contribution in [2.24, 2.45) is 10.8 Å². The number of benzene rings is 2. The highest BCUT2D eigenvalue weighted by atomic mass is 19.4. The Kier molecular flexibility index (Phi) is 21.3. The van der Waals surface area contributed by atoms with Gasteiger partial charge in [-0.15, -0.1) is 0 Å². The van der Waals surface area contributed by atoms with Crippen molar-refractivity contribution in [1.82, 2.24) is 37.0 Å². The number of hydrogen-bond donors (Lipinski definition) is 9. The minimum Gasteiger partial charge on any atom is -0.390 e. The van der Waals surface area contributed by atoms with Crippen LogP contribution < -0.4 is 32.0 Å². The van der Waals surface area contributed by atoms with Gasteiger partial charge in [-0.25, -0.2) is 13.8 Å². The quantitative estimate of drug-likeness (QED) is 0.0233. The third-order valence-electron chi connectivity index (χ3n) is 10.8. The molecule has 2 rings (SSSR count). The first-order valence-electron chi connectivity index (χ1n) is 20.7. The molecule has 26 heteroatoms. The number of aliphatic hydroxyl groups excluding tert-OH is 1. The predicted molar refractivity (Wildman–Crippen MR) is 229 cm³/mol. The largest absolute Gasteiger partial charge is 0.396 e. The fourth-order valence-corrected chi connectivity index (χ4v) is 6.19. The zero-order valence-corrected chi connectivity index (χ0v) is 37.8. The second-order valence-corrected chi connectivity index (χ2v) is 16.4. The van der Waals surface area contributed by atoms with Crippen molar-refractivity contribution < 1.29 is 77.0 Å². The van der Waals surface area contributed by atoms with E-state index in [9.17, 15) is 68.2 Å². The molecule has 2 aromatic carbocycles. The highest BCUT2D eigenvalue weighted by molar-refractivity contribution is 6.08. The van der Waals surface area contributed by atoms with Crippen LogP contribution in [0.15, 0.2) is 48.8 Å². The van der Waals surface area contributed by atoms with Crippen LogP contribution in [0.1, 0.15) is 76.6 Å². The number of hydrazine groups is 1. The number of nitrogens with zero attached hydrogens (tertiary/aromatic N) is 1. The molecule has 0 aromatic heterocycles. The Labute approximate surface area is 388 Å². The number of allylic oxidation sites excluding steroid dienone is 2. The van der Waals surface area contributed by atoms with Crippen molar-refractivity contribution >= 4 is 47.2 Å². The highest BCUT2D eigenvalue weighted by Gasteiger charge is 2.57. The number of aliphatic hydroxyl groups is 1. The average molecular weight is 1000 g/mol. The summed E-state index contributed by atoms with van der Waals surface area (Å²) in [6, 6.07) is -0.414. The van der Waals surface area contributed by atoms with E-state index in [-0.39, 0.29) is 16.7 Å². The molecule has 0 saturated heterocycles. The van der Waals surface area contributed by atoms with Crippen LogP contribution in [0, 0.1) is 33.3 Å². The van der Waals surface area contributed by atoms with E-state index in [0.29, 0.717) is 63.5 Å². The third-order valence-corrected chi connectivity index (χ3v) is 10.8. The molecular formula is C43H53F12N9O5. The summed E-state index contributed by atoms with van der Waals surface area (Å²) in [4.78, 5) is 52.7. The molecule has 4 amide bonds. The molecule has 0 bridgehead atoms. The lowest BCUT2D eigenvalue weighted by atomic mass is 9.82. The molecule has 2 aromatic rings. The van der Waals surface area contributed by atoms with Gasteiger partial charge in [-0.05, 0) is 62.9 Å². The molecule has 0 fully saturated rings. The fourth-order valence-electron chi connectivity index (χ4n) is 6.19. The summed E-state index contributed by atoms with van der Waals surface area (Å²) in [5.74, 6) is -8.27. The summed E-state index contributed by atoms with van der Waals surface area (Å²) in [7, 11) is 0. The Morgan fingerprint density at radius 2 is 1.10 bits per heavy atom. The first kappa shape index (κ1) is 58.9. The van der Waals surface area contributed by atoms with Crippen molar-refractivity contribution in [2.45, 2.75) is 117 Å². The Balaban J connectivity index is 2.88. The summed E-state index contributed by atoms with van der Waals surface area (Å²) in [5, 5.41) is 36.9. The predicted octanol–water partition coefficient (Wildman–Crippen LogP) is 6.46. The highest BCUT2D eigenvalue weighted by Crippen LogP contribution is 2.42. The van der Waals surface area contributed by atoms with E-state index in [1.807, 2.05) is 16.1 Å². The topological polar surface area (TPSA) is 212 Å². The summed E-state index contributed by atoms with van der Waals surface area (Å²) < 4.78 is 170. The van der Waals surface area contributed by atoms with Crippen LogP contribution in [-0.4, -0.2) is 102 Å². The first-order chi connectivity index (χ1) is 31.8. The van der Waals surface area contributed by atoms with Crippen LogP contribution in [0.3, 0.4) is 0 Å². The van der Waals surface area contributed by atoms with Crippen molar-refractivity contribution in [3.8, 4) is 0 Å². The Hall–Kier alpha value is -6.18. The Morgan fingerprint density at radius 3 is 1.49 bits per heavy atom. The SMILES string of the molecule is CCC(=O)N[C@H](C(=O)N[C@@H](Cc1ccc(/C(C=N)=C/NC(F)F)cc1)[C@@H](O)CN(Cc1c(F)cc(/C(C=N)=C/NC(F)F)cc1F)NC(=O)[C@@H](NC(=O)CC)C(C)(C)C(F)(F)F)C(C)(C)C(F)(F)F. The van der Waals surface area contributed by atoms with Crippen LogP contribution in [-0.2, 0) is 32.1 Å². The van der Waals surface area contributed by atoms with Crippen molar-refractivity contribution in [3.63, 3.8) is 0 Å². The lowest BCUT2D eigenvalue weighted by molar-refractivity contribution is -0.222. The summed E-state index contributed by atoms with van der Waals surface area (Å²) in [6.45, 7) is -3.73. The molecule has 0 aliphatic heterocycles. The minimum absolute atomic E-state index is 0.0634. The van der Waals surface area contributed by atoms with Crippen LogP contribution >= 0.6 is 0 Å². The maximum absolute atomic E-state index is 15.9. The van der Waals surface area contributed by atoms with Crippen molar-refractivity contribution in [1.29, 1.82) is 10.8 Å². The number of hydrogen-bond acceptors (Lipinski definition) is 10. The molecular weight excluding hydrogens is 951 g/mol. The van der Waals surface area contributed by atoms with Crippen LogP contribution in [0.5, 0.6) is 0 Å². The molecule has 0 unspecified atom stereocenters. The van der Waals surface area contributed by atoms with Gasteiger partial charge in [-0.3, -0.25) is 24.6 Å². The minimum atomic E-state index is -5.21. The maximum atomic E-state index is 15.9. The number of amides is 4. The zero-order valence-electron chi connectivity index (χ0n) is 37.8. The molecule has 69 heavy (non-hydrogen) atoms. The van der Waals surface area contributed by atoms with Crippen molar-refractivity contribution in [2.75, 3.05) is 6.54 Å². The molecule has 0 aliphatic rings. The van der Waals surface area contributed by atoms with Crippen LogP contribution in [0.2, 0.25) is 0 Å². The van der Waals surface area contributed by atoms with Crippen LogP contribution in [0.4, 0.5) is 52.7 Å². The summed E-state index contributed by atoms with van der Waals surface area (Å²) >= 11 is 0. The summed E-state index contributed by atoms with van der Waals surface area (Å²) in [6.07, 6.45) is -11.4. The molecule has 384 valence electrons. The van der Waals surface area contributed by atoms with E-state index < -0.39 is 145 Å². The number of rotatable bonds is 25. The fraction of sp³-hybridized carbons (Fsp3) is 0.488. The molecule has 0 heterocycles. The standard InChI is InChI=1S/C43H53F12N9O5/c1-7-32(66)61-34(40(3,4)42(50,51)52)36(68)60-30(13-22-9-11-23(12-10-22)25(16-56)18-58-38(46)47)31(65)21-64(63-37(69)35(62-33(67)8-2)41(5,6)43(53,54)55)20-27-28(44)14-24(15-29(27)45)26(17-57)19-59-39(48)49/h9-12,14-19,30-31,34-35,38-39,56-59,65H,7-8,13,20-21H2,1-6H3,(H,60,68)(H,61,66)(H,62,67)(H,63,69)/b25-18+,26-19+,56-16?,57-17?/t30-,31-,34+,35+/m0/s1. The summed E-state index contributed by atoms with van der Waals surface area (Å²) in [5.41, 5.74) is -5.78. The van der Waals surface area contributed by atoms with E-state index in [2.05, 4.69) is 5.32 Å². The number of halogens is 12. The van der Waals surface area contributed by atoms with E-state index in [1.165, 1.54) is 43.4 Å². The number of nitrogens with one attached hydrogen (secondary N) is 8. The van der Waals surface area contributed by atoms with Gasteiger partial charge < -0.3 is 42.5 Å². The number of carbonyl (C=O) groups excluding carboxylic acids is 4. The van der Waals surface area contributed by atoms with Gasteiger partial charge in [0.15, 0.2) is 0 Å². The molecule has 0 spiro atoms. The van der Waals surface area contributed by atoms with E-state index >= 15 is 8.78 Å². The van der Waals surface area contributed by atoms with E-state index in [4.69, 9.17) is 10.8 Å². The average Bonchev–Trinajstić information content (AvgIpc) is 3.24. The van der Waals surface area contributed by atoms with Gasteiger partial charge in [0.2, 0.25) is 17.7 Å². The third kappa shape index (κ3) is 16.5. The molecule has 14 nitrogen and oxygen atoms in total. The molecule has 0 radical (unpaired) electrons.